The van der Waals surface area contributed by atoms with E-state index in [1.165, 1.54) is 15.3 Å². The van der Waals surface area contributed by atoms with Crippen molar-refractivity contribution in [3.8, 4) is 0 Å². The van der Waals surface area contributed by atoms with E-state index < -0.39 is 0 Å². The molecule has 2 aromatic carbocycles. The van der Waals surface area contributed by atoms with Crippen molar-refractivity contribution in [2.75, 3.05) is 11.9 Å². The molecular formula is C26H22N2O2S2. The number of hydrogen-bond donors (Lipinski definition) is 1. The molecule has 3 heterocycles. The largest absolute Gasteiger partial charge is 0.326 e. The van der Waals surface area contributed by atoms with Crippen LogP contribution in [0.25, 0.3) is 0 Å². The molecule has 160 valence electrons. The molecule has 6 heteroatoms. The topological polar surface area (TPSA) is 49.4 Å². The second-order valence-electron chi connectivity index (χ2n) is 7.82. The van der Waals surface area contributed by atoms with Gasteiger partial charge in [0.25, 0.3) is 11.8 Å². The van der Waals surface area contributed by atoms with E-state index in [1.54, 1.807) is 40.9 Å². The standard InChI is InChI=1S/C26H22N2O2S2/c1-17-9-10-19(16-21(17)27-25(29)18-6-3-2-4-7-18)26(30)28-13-11-22-20(12-15-32-22)24(28)23-8-5-14-31-23/h2-10,12,14-16,24H,11,13H2,1H3,(H,27,29). The minimum absolute atomic E-state index is 0.0181. The monoisotopic (exact) mass is 458 g/mol. The van der Waals surface area contributed by atoms with Gasteiger partial charge in [0.1, 0.15) is 0 Å². The number of benzene rings is 2. The zero-order chi connectivity index (χ0) is 22.1. The molecule has 0 fully saturated rings. The number of thiophene rings is 2. The fourth-order valence-electron chi connectivity index (χ4n) is 4.13. The smallest absolute Gasteiger partial charge is 0.255 e. The van der Waals surface area contributed by atoms with Gasteiger partial charge in [-0.3, -0.25) is 9.59 Å². The van der Waals surface area contributed by atoms with Crippen molar-refractivity contribution in [3.63, 3.8) is 0 Å². The average molecular weight is 459 g/mol. The van der Waals surface area contributed by atoms with Gasteiger partial charge < -0.3 is 10.2 Å². The molecule has 2 aromatic heterocycles. The van der Waals surface area contributed by atoms with Crippen LogP contribution in [0.3, 0.4) is 0 Å². The first-order chi connectivity index (χ1) is 15.6. The summed E-state index contributed by atoms with van der Waals surface area (Å²) in [5, 5.41) is 7.14. The second kappa shape index (κ2) is 8.73. The third-order valence-corrected chi connectivity index (χ3v) is 7.73. The summed E-state index contributed by atoms with van der Waals surface area (Å²) in [6, 6.07) is 20.9. The second-order valence-corrected chi connectivity index (χ2v) is 9.80. The molecule has 1 atom stereocenters. The predicted octanol–water partition coefficient (Wildman–Crippen LogP) is 6.16. The third-order valence-electron chi connectivity index (χ3n) is 5.81. The Bertz CT molecular complexity index is 1260. The average Bonchev–Trinajstić information content (AvgIpc) is 3.52. The third kappa shape index (κ3) is 3.87. The maximum atomic E-state index is 13.7. The van der Waals surface area contributed by atoms with Crippen LogP contribution in [0.4, 0.5) is 5.69 Å². The molecule has 0 spiro atoms. The van der Waals surface area contributed by atoms with Crippen LogP contribution in [0.2, 0.25) is 0 Å². The van der Waals surface area contributed by atoms with Crippen LogP contribution in [-0.4, -0.2) is 23.3 Å². The van der Waals surface area contributed by atoms with E-state index in [2.05, 4.69) is 28.2 Å². The Balaban J connectivity index is 1.45. The zero-order valence-corrected chi connectivity index (χ0v) is 19.2. The van der Waals surface area contributed by atoms with Crippen LogP contribution in [0.1, 0.15) is 47.6 Å². The van der Waals surface area contributed by atoms with Crippen molar-refractivity contribution in [2.24, 2.45) is 0 Å². The summed E-state index contributed by atoms with van der Waals surface area (Å²) in [6.07, 6.45) is 0.865. The van der Waals surface area contributed by atoms with Gasteiger partial charge in [0.05, 0.1) is 6.04 Å². The van der Waals surface area contributed by atoms with Gasteiger partial charge in [0.15, 0.2) is 0 Å². The van der Waals surface area contributed by atoms with Crippen molar-refractivity contribution >= 4 is 40.2 Å². The molecule has 1 aliphatic rings. The van der Waals surface area contributed by atoms with Gasteiger partial charge in [0, 0.05) is 33.1 Å². The molecule has 4 nitrogen and oxygen atoms in total. The minimum atomic E-state index is -0.185. The Morgan fingerprint density at radius 2 is 1.78 bits per heavy atom. The van der Waals surface area contributed by atoms with Crippen LogP contribution in [-0.2, 0) is 6.42 Å². The van der Waals surface area contributed by atoms with Gasteiger partial charge in [-0.25, -0.2) is 0 Å². The molecular weight excluding hydrogens is 436 g/mol. The number of carbonyl (C=O) groups is 2. The highest BCUT2D eigenvalue weighted by Gasteiger charge is 2.34. The van der Waals surface area contributed by atoms with Crippen LogP contribution < -0.4 is 5.32 Å². The number of aryl methyl sites for hydroxylation is 1. The summed E-state index contributed by atoms with van der Waals surface area (Å²) >= 11 is 3.44. The quantitative estimate of drug-likeness (QED) is 0.398. The molecule has 1 unspecified atom stereocenters. The van der Waals surface area contributed by atoms with E-state index in [0.29, 0.717) is 23.4 Å². The Labute approximate surface area is 195 Å². The minimum Gasteiger partial charge on any atom is -0.326 e. The molecule has 4 aromatic rings. The summed E-state index contributed by atoms with van der Waals surface area (Å²) in [7, 11) is 0. The Morgan fingerprint density at radius 3 is 2.56 bits per heavy atom. The molecule has 5 rings (SSSR count). The fourth-order valence-corrected chi connectivity index (χ4v) is 5.89. The van der Waals surface area contributed by atoms with E-state index in [9.17, 15) is 9.59 Å². The van der Waals surface area contributed by atoms with Crippen molar-refractivity contribution < 1.29 is 9.59 Å². The summed E-state index contributed by atoms with van der Waals surface area (Å²) in [5.74, 6) is -0.203. The maximum Gasteiger partial charge on any atom is 0.255 e. The summed E-state index contributed by atoms with van der Waals surface area (Å²) < 4.78 is 0. The van der Waals surface area contributed by atoms with Crippen LogP contribution in [0.15, 0.2) is 77.5 Å². The Kier molecular flexibility index (Phi) is 5.64. The highest BCUT2D eigenvalue weighted by molar-refractivity contribution is 7.10. The summed E-state index contributed by atoms with van der Waals surface area (Å²) in [5.41, 5.74) is 3.97. The van der Waals surface area contributed by atoms with Crippen molar-refractivity contribution in [3.05, 3.63) is 109 Å². The first-order valence-electron chi connectivity index (χ1n) is 10.5. The fraction of sp³-hybridized carbons (Fsp3) is 0.154. The van der Waals surface area contributed by atoms with Crippen LogP contribution in [0.5, 0.6) is 0 Å². The first kappa shape index (κ1) is 20.7. The van der Waals surface area contributed by atoms with Crippen molar-refractivity contribution in [1.82, 2.24) is 4.90 Å². The van der Waals surface area contributed by atoms with Gasteiger partial charge in [-0.2, -0.15) is 0 Å². The lowest BCUT2D eigenvalue weighted by molar-refractivity contribution is 0.0698. The zero-order valence-electron chi connectivity index (χ0n) is 17.6. The molecule has 32 heavy (non-hydrogen) atoms. The maximum absolute atomic E-state index is 13.7. The molecule has 0 bridgehead atoms. The van der Waals surface area contributed by atoms with Gasteiger partial charge in [-0.05, 0) is 71.6 Å². The molecule has 0 saturated carbocycles. The van der Waals surface area contributed by atoms with Gasteiger partial charge in [-0.1, -0.05) is 30.3 Å². The van der Waals surface area contributed by atoms with Crippen LogP contribution >= 0.6 is 22.7 Å². The molecule has 0 radical (unpaired) electrons. The van der Waals surface area contributed by atoms with Crippen molar-refractivity contribution in [2.45, 2.75) is 19.4 Å². The van der Waals surface area contributed by atoms with E-state index in [-0.39, 0.29) is 17.9 Å². The molecule has 0 saturated heterocycles. The highest BCUT2D eigenvalue weighted by Crippen LogP contribution is 2.40. The van der Waals surface area contributed by atoms with E-state index in [1.807, 2.05) is 48.2 Å². The lowest BCUT2D eigenvalue weighted by Crippen LogP contribution is -2.39. The van der Waals surface area contributed by atoms with Gasteiger partial charge >= 0.3 is 0 Å². The number of hydrogen-bond acceptors (Lipinski definition) is 4. The Morgan fingerprint density at radius 1 is 0.938 bits per heavy atom. The summed E-state index contributed by atoms with van der Waals surface area (Å²) in [4.78, 5) is 30.8. The van der Waals surface area contributed by atoms with E-state index >= 15 is 0 Å². The highest BCUT2D eigenvalue weighted by atomic mass is 32.1. The number of nitrogens with zero attached hydrogens (tertiary/aromatic N) is 1. The van der Waals surface area contributed by atoms with E-state index in [0.717, 1.165) is 12.0 Å². The number of amides is 2. The number of rotatable bonds is 4. The van der Waals surface area contributed by atoms with Crippen LogP contribution in [0, 0.1) is 6.92 Å². The Hall–Kier alpha value is -3.22. The molecule has 1 N–H and O–H groups in total. The molecule has 2 amide bonds. The van der Waals surface area contributed by atoms with E-state index in [4.69, 9.17) is 0 Å². The normalized spacial score (nSPS) is 15.3. The lowest BCUT2D eigenvalue weighted by Gasteiger charge is -2.35. The molecule has 1 aliphatic heterocycles. The predicted molar refractivity (Wildman–Crippen MR) is 131 cm³/mol. The number of anilines is 1. The SMILES string of the molecule is Cc1ccc(C(=O)N2CCc3sccc3C2c2cccs2)cc1NC(=O)c1ccccc1. The molecule has 0 aliphatic carbocycles. The van der Waals surface area contributed by atoms with Crippen molar-refractivity contribution in [1.29, 1.82) is 0 Å². The first-order valence-corrected chi connectivity index (χ1v) is 12.3. The van der Waals surface area contributed by atoms with Gasteiger partial charge in [-0.15, -0.1) is 22.7 Å². The number of fused-ring (bicyclic) bond motifs is 1. The lowest BCUT2D eigenvalue weighted by atomic mass is 9.97. The van der Waals surface area contributed by atoms with Gasteiger partial charge in [0.2, 0.25) is 0 Å². The summed E-state index contributed by atoms with van der Waals surface area (Å²) in [6.45, 7) is 2.61. The number of carbonyl (C=O) groups excluding carboxylic acids is 2. The number of nitrogens with one attached hydrogen (secondary N) is 1.